The highest BCUT2D eigenvalue weighted by Crippen LogP contribution is 2.35. The number of carbonyl (C=O) groups is 1. The number of nitrogens with one attached hydrogen (secondary N) is 1. The highest BCUT2D eigenvalue weighted by Gasteiger charge is 2.46. The van der Waals surface area contributed by atoms with Gasteiger partial charge >= 0.3 is 6.18 Å². The molecule has 1 N–H and O–H groups in total. The van der Waals surface area contributed by atoms with Crippen LogP contribution in [-0.4, -0.2) is 46.4 Å². The number of para-hydroxylation sites is 2. The summed E-state index contributed by atoms with van der Waals surface area (Å²) in [6.45, 7) is 4.18. The summed E-state index contributed by atoms with van der Waals surface area (Å²) in [5.41, 5.74) is 1.25. The Hall–Kier alpha value is -3.86. The molecule has 2 aliphatic rings. The molecule has 180 valence electrons. The van der Waals surface area contributed by atoms with E-state index in [1.54, 1.807) is 30.3 Å². The lowest BCUT2D eigenvalue weighted by atomic mass is 10.1. The molecule has 0 atom stereocenters. The van der Waals surface area contributed by atoms with E-state index >= 15 is 0 Å². The number of nitrogens with zero attached hydrogens (tertiary/aromatic N) is 3. The van der Waals surface area contributed by atoms with Crippen LogP contribution in [0.15, 0.2) is 76.9 Å². The highest BCUT2D eigenvalue weighted by molar-refractivity contribution is 8.27. The lowest BCUT2D eigenvalue weighted by Gasteiger charge is -2.20. The summed E-state index contributed by atoms with van der Waals surface area (Å²) in [5.74, 6) is -0.190. The van der Waals surface area contributed by atoms with Crippen molar-refractivity contribution in [2.75, 3.05) is 13.2 Å². The second-order valence-corrected chi connectivity index (χ2v) is 8.21. The zero-order valence-corrected chi connectivity index (χ0v) is 19.0. The van der Waals surface area contributed by atoms with Crippen LogP contribution in [-0.2, 0) is 11.2 Å². The standard InChI is InChI=1S/C24H19F3N4O3S/c1-2-7-15-8-3-5-10-18(15)33-12-13-34-19-11-6-4-9-16(19)14-17-20(28)31-23(29-21(17)32)35-22(30-31)24(25,26)27/h2-6,8-11,14,28H,1,7,12-13H2/b17-14+,28-20?. The SMILES string of the molecule is C=CCc1ccccc1OCCOc1ccccc1/C=C1\C(=N)N2N=C(C(F)(F)F)SC2=NC1=O. The summed E-state index contributed by atoms with van der Waals surface area (Å²) >= 11 is 0.204. The molecule has 0 fully saturated rings. The van der Waals surface area contributed by atoms with Crippen LogP contribution < -0.4 is 9.47 Å². The van der Waals surface area contributed by atoms with Crippen molar-refractivity contribution in [3.63, 3.8) is 0 Å². The summed E-state index contributed by atoms with van der Waals surface area (Å²) < 4.78 is 50.6. The number of allylic oxidation sites excluding steroid dienone is 1. The molecule has 1 amide bonds. The number of thioether (sulfide) groups is 1. The van der Waals surface area contributed by atoms with E-state index in [2.05, 4.69) is 16.7 Å². The van der Waals surface area contributed by atoms with Crippen molar-refractivity contribution in [3.8, 4) is 11.5 Å². The first-order chi connectivity index (χ1) is 16.8. The van der Waals surface area contributed by atoms with E-state index in [9.17, 15) is 18.0 Å². The normalized spacial score (nSPS) is 16.7. The maximum Gasteiger partial charge on any atom is 0.441 e. The molecule has 0 radical (unpaired) electrons. The lowest BCUT2D eigenvalue weighted by molar-refractivity contribution is -0.114. The zero-order valence-electron chi connectivity index (χ0n) is 18.2. The molecule has 4 rings (SSSR count). The minimum absolute atomic E-state index is 0.193. The van der Waals surface area contributed by atoms with Crippen molar-refractivity contribution in [3.05, 3.63) is 77.9 Å². The number of rotatable bonds is 8. The van der Waals surface area contributed by atoms with Gasteiger partial charge in [0.1, 0.15) is 24.7 Å². The lowest BCUT2D eigenvalue weighted by Crippen LogP contribution is -2.35. The number of benzene rings is 2. The zero-order chi connectivity index (χ0) is 25.0. The molecular weight excluding hydrogens is 481 g/mol. The maximum absolute atomic E-state index is 13.0. The van der Waals surface area contributed by atoms with Crippen LogP contribution in [0.1, 0.15) is 11.1 Å². The summed E-state index contributed by atoms with van der Waals surface area (Å²) in [4.78, 5) is 16.2. The molecule has 0 spiro atoms. The third kappa shape index (κ3) is 5.46. The monoisotopic (exact) mass is 500 g/mol. The molecular formula is C24H19F3N4O3S. The molecule has 35 heavy (non-hydrogen) atoms. The minimum atomic E-state index is -4.70. The Morgan fingerprint density at radius 1 is 1.06 bits per heavy atom. The van der Waals surface area contributed by atoms with Crippen LogP contribution in [0.3, 0.4) is 0 Å². The molecule has 0 unspecified atom stereocenters. The van der Waals surface area contributed by atoms with Gasteiger partial charge in [-0.05, 0) is 42.0 Å². The van der Waals surface area contributed by atoms with Gasteiger partial charge in [0, 0.05) is 5.56 Å². The number of amidine groups is 2. The molecule has 2 aromatic carbocycles. The molecule has 2 aromatic rings. The topological polar surface area (TPSA) is 87.3 Å². The Morgan fingerprint density at radius 2 is 1.71 bits per heavy atom. The summed E-state index contributed by atoms with van der Waals surface area (Å²) in [6, 6.07) is 14.4. The third-order valence-electron chi connectivity index (χ3n) is 4.85. The number of hydrazone groups is 1. The number of halogens is 3. The fourth-order valence-corrected chi connectivity index (χ4v) is 4.02. The average molecular weight is 501 g/mol. The Morgan fingerprint density at radius 3 is 2.43 bits per heavy atom. The van der Waals surface area contributed by atoms with Gasteiger partial charge in [0.25, 0.3) is 5.91 Å². The van der Waals surface area contributed by atoms with Crippen LogP contribution in [0, 0.1) is 5.41 Å². The van der Waals surface area contributed by atoms with Crippen LogP contribution in [0.4, 0.5) is 13.2 Å². The van der Waals surface area contributed by atoms with Crippen molar-refractivity contribution < 1.29 is 27.4 Å². The van der Waals surface area contributed by atoms with E-state index in [1.165, 1.54) is 6.08 Å². The minimum Gasteiger partial charge on any atom is -0.490 e. The maximum atomic E-state index is 13.0. The first-order valence-corrected chi connectivity index (χ1v) is 11.2. The summed E-state index contributed by atoms with van der Waals surface area (Å²) in [7, 11) is 0. The Labute approximate surface area is 203 Å². The average Bonchev–Trinajstić information content (AvgIpc) is 3.26. The van der Waals surface area contributed by atoms with Gasteiger partial charge in [-0.25, -0.2) is 0 Å². The van der Waals surface area contributed by atoms with E-state index < -0.39 is 23.0 Å². The van der Waals surface area contributed by atoms with Gasteiger partial charge in [0.2, 0.25) is 10.2 Å². The predicted octanol–water partition coefficient (Wildman–Crippen LogP) is 5.05. The number of fused-ring (bicyclic) bond motifs is 1. The number of amides is 1. The van der Waals surface area contributed by atoms with Gasteiger partial charge in [-0.1, -0.05) is 42.5 Å². The van der Waals surface area contributed by atoms with Gasteiger partial charge in [0.05, 0.1) is 5.57 Å². The number of ether oxygens (including phenoxy) is 2. The smallest absolute Gasteiger partial charge is 0.441 e. The summed E-state index contributed by atoms with van der Waals surface area (Å²) in [5, 5.41) is 10.9. The molecule has 7 nitrogen and oxygen atoms in total. The first kappa shape index (κ1) is 24.3. The number of hydrogen-bond acceptors (Lipinski definition) is 6. The van der Waals surface area contributed by atoms with Crippen LogP contribution >= 0.6 is 11.8 Å². The largest absolute Gasteiger partial charge is 0.490 e. The van der Waals surface area contributed by atoms with Crippen molar-refractivity contribution in [2.45, 2.75) is 12.6 Å². The first-order valence-electron chi connectivity index (χ1n) is 10.4. The molecule has 0 saturated carbocycles. The third-order valence-corrected chi connectivity index (χ3v) is 5.80. The number of aliphatic imine (C=N–C) groups is 1. The van der Waals surface area contributed by atoms with E-state index in [-0.39, 0.29) is 35.7 Å². The predicted molar refractivity (Wildman–Crippen MR) is 129 cm³/mol. The van der Waals surface area contributed by atoms with Gasteiger partial charge in [0.15, 0.2) is 5.84 Å². The molecule has 0 aliphatic carbocycles. The molecule has 0 aromatic heterocycles. The second kappa shape index (κ2) is 10.2. The van der Waals surface area contributed by atoms with Gasteiger partial charge in [-0.2, -0.15) is 28.3 Å². The summed E-state index contributed by atoms with van der Waals surface area (Å²) in [6.07, 6.45) is -0.893. The molecule has 2 aliphatic heterocycles. The molecule has 11 heteroatoms. The Balaban J connectivity index is 1.47. The van der Waals surface area contributed by atoms with Crippen molar-refractivity contribution in [1.29, 1.82) is 5.41 Å². The van der Waals surface area contributed by atoms with E-state index in [0.717, 1.165) is 11.3 Å². The van der Waals surface area contributed by atoms with Crippen molar-refractivity contribution in [2.24, 2.45) is 10.1 Å². The molecule has 0 bridgehead atoms. The van der Waals surface area contributed by atoms with Crippen molar-refractivity contribution >= 4 is 39.8 Å². The number of carbonyl (C=O) groups excluding carboxylic acids is 1. The Bertz CT molecular complexity index is 1270. The van der Waals surface area contributed by atoms with E-state index in [1.807, 2.05) is 24.3 Å². The van der Waals surface area contributed by atoms with Crippen LogP contribution in [0.5, 0.6) is 11.5 Å². The van der Waals surface area contributed by atoms with E-state index in [4.69, 9.17) is 14.9 Å². The van der Waals surface area contributed by atoms with Gasteiger partial charge in [-0.3, -0.25) is 10.2 Å². The van der Waals surface area contributed by atoms with Gasteiger partial charge < -0.3 is 9.47 Å². The van der Waals surface area contributed by atoms with Crippen LogP contribution in [0.25, 0.3) is 6.08 Å². The number of hydrogen-bond donors (Lipinski definition) is 1. The quantitative estimate of drug-likeness (QED) is 0.311. The van der Waals surface area contributed by atoms with Crippen LogP contribution in [0.2, 0.25) is 0 Å². The Kier molecular flexibility index (Phi) is 7.06. The van der Waals surface area contributed by atoms with Gasteiger partial charge in [-0.15, -0.1) is 6.58 Å². The second-order valence-electron chi connectivity index (χ2n) is 7.26. The molecule has 0 saturated heterocycles. The van der Waals surface area contributed by atoms with Crippen molar-refractivity contribution in [1.82, 2.24) is 5.01 Å². The fourth-order valence-electron chi connectivity index (χ4n) is 3.27. The number of alkyl halides is 3. The fraction of sp³-hybridized carbons (Fsp3) is 0.167. The molecule has 2 heterocycles. The van der Waals surface area contributed by atoms with E-state index in [0.29, 0.717) is 22.7 Å². The highest BCUT2D eigenvalue weighted by atomic mass is 32.2.